The Labute approximate surface area is 105 Å². The summed E-state index contributed by atoms with van der Waals surface area (Å²) < 4.78 is 43.5. The van der Waals surface area contributed by atoms with Gasteiger partial charge >= 0.3 is 12.1 Å². The van der Waals surface area contributed by atoms with Crippen molar-refractivity contribution in [3.63, 3.8) is 0 Å². The predicted molar refractivity (Wildman–Crippen MR) is 60.5 cm³/mol. The first-order valence-corrected chi connectivity index (χ1v) is 5.23. The van der Waals surface area contributed by atoms with Crippen LogP contribution in [0.4, 0.5) is 13.2 Å². The van der Waals surface area contributed by atoms with Crippen molar-refractivity contribution in [2.75, 3.05) is 0 Å². The molecule has 0 aromatic heterocycles. The van der Waals surface area contributed by atoms with E-state index in [9.17, 15) is 18.0 Å². The number of ether oxygens (including phenoxy) is 1. The topological polar surface area (TPSA) is 46.5 Å². The number of thiol groups is 1. The molecular weight excluding hydrogens is 269 g/mol. The number of hydrogen-bond donors (Lipinski definition) is 2. The van der Waals surface area contributed by atoms with E-state index in [-0.39, 0.29) is 11.3 Å². The number of para-hydroxylation sites is 1. The summed E-state index contributed by atoms with van der Waals surface area (Å²) in [5.74, 6) is -1.79. The van der Waals surface area contributed by atoms with Crippen molar-refractivity contribution in [3.05, 3.63) is 35.4 Å². The fourth-order valence-corrected chi connectivity index (χ4v) is 1.84. The van der Waals surface area contributed by atoms with Crippen molar-refractivity contribution in [2.24, 2.45) is 0 Å². The van der Waals surface area contributed by atoms with Gasteiger partial charge in [0.25, 0.3) is 4.93 Å². The van der Waals surface area contributed by atoms with Crippen molar-refractivity contribution < 1.29 is 27.8 Å². The van der Waals surface area contributed by atoms with E-state index in [1.54, 1.807) is 6.07 Å². The Bertz CT molecular complexity index is 539. The second kappa shape index (κ2) is 3.94. The summed E-state index contributed by atoms with van der Waals surface area (Å²) in [6, 6.07) is 5.84. The fourth-order valence-electron chi connectivity index (χ4n) is 1.58. The van der Waals surface area contributed by atoms with Crippen LogP contribution in [0.5, 0.6) is 5.75 Å². The van der Waals surface area contributed by atoms with Gasteiger partial charge in [-0.25, -0.2) is 4.79 Å². The van der Waals surface area contributed by atoms with Crippen LogP contribution < -0.4 is 4.74 Å². The van der Waals surface area contributed by atoms with Crippen LogP contribution in [0.3, 0.4) is 0 Å². The molecule has 2 rings (SSSR count). The maximum Gasteiger partial charge on any atom is 0.442 e. The summed E-state index contributed by atoms with van der Waals surface area (Å²) in [4.78, 5) is 7.78. The number of carbonyl (C=O) groups is 1. The monoisotopic (exact) mass is 276 g/mol. The number of halogens is 3. The van der Waals surface area contributed by atoms with Gasteiger partial charge < -0.3 is 9.84 Å². The van der Waals surface area contributed by atoms with Crippen LogP contribution in [0, 0.1) is 0 Å². The first kappa shape index (κ1) is 12.8. The predicted octanol–water partition coefficient (Wildman–Crippen LogP) is 2.74. The summed E-state index contributed by atoms with van der Waals surface area (Å²) in [5, 5.41) is 8.87. The molecule has 0 fully saturated rings. The van der Waals surface area contributed by atoms with Crippen LogP contribution in [0.15, 0.2) is 29.8 Å². The summed E-state index contributed by atoms with van der Waals surface area (Å²) in [6.45, 7) is 0. The minimum Gasteiger partial charge on any atom is -0.478 e. The van der Waals surface area contributed by atoms with E-state index in [4.69, 9.17) is 9.84 Å². The zero-order valence-corrected chi connectivity index (χ0v) is 9.63. The van der Waals surface area contributed by atoms with Crippen LogP contribution in [-0.2, 0) is 4.79 Å². The van der Waals surface area contributed by atoms with Crippen LogP contribution in [0.1, 0.15) is 5.56 Å². The molecule has 1 heterocycles. The molecule has 0 saturated heterocycles. The van der Waals surface area contributed by atoms with Crippen LogP contribution in [0.2, 0.25) is 0 Å². The summed E-state index contributed by atoms with van der Waals surface area (Å²) in [6.07, 6.45) is -4.03. The van der Waals surface area contributed by atoms with E-state index < -0.39 is 22.7 Å². The van der Waals surface area contributed by atoms with E-state index in [1.807, 2.05) is 0 Å². The second-order valence-electron chi connectivity index (χ2n) is 3.64. The number of rotatable bonds is 1. The molecule has 7 heteroatoms. The molecular formula is C11H7F3O3S. The average Bonchev–Trinajstić information content (AvgIpc) is 2.26. The smallest absolute Gasteiger partial charge is 0.442 e. The number of hydrogen-bond acceptors (Lipinski definition) is 3. The Morgan fingerprint density at radius 2 is 1.94 bits per heavy atom. The maximum absolute atomic E-state index is 12.9. The highest BCUT2D eigenvalue weighted by atomic mass is 32.1. The first-order chi connectivity index (χ1) is 8.25. The van der Waals surface area contributed by atoms with E-state index in [0.29, 0.717) is 0 Å². The third-order valence-electron chi connectivity index (χ3n) is 2.46. The summed E-state index contributed by atoms with van der Waals surface area (Å²) in [7, 11) is 0. The van der Waals surface area contributed by atoms with E-state index >= 15 is 0 Å². The molecule has 96 valence electrons. The number of benzene rings is 1. The summed E-state index contributed by atoms with van der Waals surface area (Å²) in [5.41, 5.74) is -0.694. The van der Waals surface area contributed by atoms with Gasteiger partial charge in [0.1, 0.15) is 11.3 Å². The first-order valence-electron chi connectivity index (χ1n) is 4.78. The zero-order chi connectivity index (χ0) is 13.6. The average molecular weight is 276 g/mol. The molecule has 0 aliphatic carbocycles. The van der Waals surface area contributed by atoms with Crippen LogP contribution in [0.25, 0.3) is 6.08 Å². The Morgan fingerprint density at radius 1 is 1.33 bits per heavy atom. The molecule has 1 unspecified atom stereocenters. The molecule has 1 aliphatic rings. The van der Waals surface area contributed by atoms with Gasteiger partial charge in [-0.15, -0.1) is 12.6 Å². The van der Waals surface area contributed by atoms with E-state index in [1.165, 1.54) is 18.2 Å². The lowest BCUT2D eigenvalue weighted by Crippen LogP contribution is -2.50. The van der Waals surface area contributed by atoms with Crippen LogP contribution >= 0.6 is 12.6 Å². The second-order valence-corrected chi connectivity index (χ2v) is 4.27. The number of carboxylic acids is 1. The van der Waals surface area contributed by atoms with Gasteiger partial charge in [0.05, 0.1) is 0 Å². The van der Waals surface area contributed by atoms with Gasteiger partial charge in [0, 0.05) is 5.56 Å². The Hall–Kier alpha value is -1.63. The lowest BCUT2D eigenvalue weighted by molar-refractivity contribution is -0.200. The van der Waals surface area contributed by atoms with Gasteiger partial charge in [-0.3, -0.25) is 0 Å². The molecule has 1 atom stereocenters. The van der Waals surface area contributed by atoms with Crippen molar-refractivity contribution in [2.45, 2.75) is 11.1 Å². The Kier molecular flexibility index (Phi) is 2.81. The van der Waals surface area contributed by atoms with Crippen molar-refractivity contribution in [3.8, 4) is 5.75 Å². The van der Waals surface area contributed by atoms with E-state index in [0.717, 1.165) is 6.08 Å². The quantitative estimate of drug-likeness (QED) is 0.775. The Balaban J connectivity index is 2.63. The van der Waals surface area contributed by atoms with Gasteiger partial charge in [-0.2, -0.15) is 13.2 Å². The molecule has 0 spiro atoms. The molecule has 1 aliphatic heterocycles. The molecule has 0 saturated carbocycles. The third-order valence-corrected chi connectivity index (χ3v) is 3.04. The molecule has 3 nitrogen and oxygen atoms in total. The zero-order valence-electron chi connectivity index (χ0n) is 8.73. The molecule has 0 amide bonds. The summed E-state index contributed by atoms with van der Waals surface area (Å²) >= 11 is 3.39. The highest BCUT2D eigenvalue weighted by molar-refractivity contribution is 7.82. The molecule has 0 bridgehead atoms. The SMILES string of the molecule is O=C(O)C1=Cc2ccccc2OC1(S)C(F)(F)F. The molecule has 1 N–H and O–H groups in total. The number of carboxylic acid groups (broad SMARTS) is 1. The maximum atomic E-state index is 12.9. The van der Waals surface area contributed by atoms with Gasteiger partial charge in [0.15, 0.2) is 0 Å². The standard InChI is InChI=1S/C11H7F3O3S/c12-11(13,14)10(18)7(9(15)16)5-6-3-1-2-4-8(6)17-10/h1-5,18H,(H,15,16). The minimum atomic E-state index is -4.95. The number of aliphatic carboxylic acids is 1. The highest BCUT2D eigenvalue weighted by Gasteiger charge is 2.61. The molecule has 18 heavy (non-hydrogen) atoms. The number of fused-ring (bicyclic) bond motifs is 1. The molecule has 0 radical (unpaired) electrons. The minimum absolute atomic E-state index is 0.0603. The largest absolute Gasteiger partial charge is 0.478 e. The van der Waals surface area contributed by atoms with Gasteiger partial charge in [0.2, 0.25) is 0 Å². The lowest BCUT2D eigenvalue weighted by Gasteiger charge is -2.35. The normalized spacial score (nSPS) is 22.8. The van der Waals surface area contributed by atoms with Crippen LogP contribution in [-0.4, -0.2) is 22.2 Å². The van der Waals surface area contributed by atoms with Gasteiger partial charge in [-0.1, -0.05) is 18.2 Å². The van der Waals surface area contributed by atoms with Crippen molar-refractivity contribution in [1.29, 1.82) is 0 Å². The third kappa shape index (κ3) is 1.84. The fraction of sp³-hybridized carbons (Fsp3) is 0.182. The molecule has 1 aromatic carbocycles. The van der Waals surface area contributed by atoms with Gasteiger partial charge in [-0.05, 0) is 12.1 Å². The Morgan fingerprint density at radius 3 is 2.50 bits per heavy atom. The van der Waals surface area contributed by atoms with Crippen molar-refractivity contribution >= 4 is 24.7 Å². The number of alkyl halides is 3. The van der Waals surface area contributed by atoms with E-state index in [2.05, 4.69) is 12.6 Å². The highest BCUT2D eigenvalue weighted by Crippen LogP contribution is 2.47. The molecule has 1 aromatic rings. The van der Waals surface area contributed by atoms with Crippen molar-refractivity contribution in [1.82, 2.24) is 0 Å². The lowest BCUT2D eigenvalue weighted by atomic mass is 10.0.